The average Bonchev–Trinajstić information content (AvgIpc) is 3.20. The van der Waals surface area contributed by atoms with Gasteiger partial charge in [-0.1, -0.05) is 125 Å². The van der Waals surface area contributed by atoms with Crippen molar-refractivity contribution in [2.24, 2.45) is 0 Å². The summed E-state index contributed by atoms with van der Waals surface area (Å²) in [5.41, 5.74) is 14.1. The van der Waals surface area contributed by atoms with E-state index in [2.05, 4.69) is 227 Å². The van der Waals surface area contributed by atoms with Crippen LogP contribution in [0, 0.1) is 0 Å². The molecule has 21 heteroatoms. The molecule has 0 amide bonds. The van der Waals surface area contributed by atoms with Crippen LogP contribution in [0.25, 0.3) is 34.2 Å². The predicted molar refractivity (Wildman–Crippen MR) is 282 cm³/mol. The molecular weight excluding hydrogens is 1120 g/mol. The second-order valence-electron chi connectivity index (χ2n) is 24.0. The van der Waals surface area contributed by atoms with Crippen LogP contribution in [0.1, 0.15) is 158 Å². The van der Waals surface area contributed by atoms with Gasteiger partial charge in [-0.05, 0) is 139 Å². The molecule has 0 saturated heterocycles. The van der Waals surface area contributed by atoms with E-state index in [4.69, 9.17) is 0 Å². The number of halogens is 12. The van der Waals surface area contributed by atoms with Gasteiger partial charge in [-0.3, -0.25) is 29.9 Å². The first-order valence-electron chi connectivity index (χ1n) is 23.4. The van der Waals surface area contributed by atoms with Gasteiger partial charge in [-0.25, -0.2) is 0 Å². The van der Waals surface area contributed by atoms with Gasteiger partial charge in [0.05, 0.1) is 34.2 Å². The summed E-state index contributed by atoms with van der Waals surface area (Å²) in [6, 6.07) is 25.4. The number of hydrogen-bond acceptors (Lipinski definition) is 6. The number of nitrogens with zero attached hydrogens (tertiary/aromatic N) is 6. The molecule has 0 aliphatic carbocycles. The minimum absolute atomic E-state index is 0. The van der Waals surface area contributed by atoms with E-state index in [1.54, 1.807) is 0 Å². The fraction of sp³-hybridized carbons (Fsp3) is 0.444. The van der Waals surface area contributed by atoms with Crippen LogP contribution >= 0.6 is 15.6 Å². The SMILES string of the molecule is CC(C)(C)c1ccnc(-c2cc(C(C)(C)C)ccn2)c1.CC(C)(C)c1ccnc(-c2cc(C(C)(C)C)ccn2)c1.CC(C)(C)c1ccnc(-c2cc(C(C)(C)C)ccn2)c1.F[P-](F)(F)(F)(F)F.F[P-](F)(F)(F)(F)F.[Ru+2]. The van der Waals surface area contributed by atoms with Crippen molar-refractivity contribution in [2.45, 2.75) is 157 Å². The Morgan fingerprint density at radius 3 is 0.413 bits per heavy atom. The summed E-state index contributed by atoms with van der Waals surface area (Å²) in [6.45, 7) is 39.8. The van der Waals surface area contributed by atoms with E-state index in [9.17, 15) is 50.4 Å². The third-order valence-electron chi connectivity index (χ3n) is 10.5. The first-order valence-corrected chi connectivity index (χ1v) is 27.4. The molecule has 420 valence electrons. The Kier molecular flexibility index (Phi) is 20.2. The molecule has 75 heavy (non-hydrogen) atoms. The Hall–Kier alpha value is -4.46. The van der Waals surface area contributed by atoms with E-state index in [1.807, 2.05) is 37.2 Å². The van der Waals surface area contributed by atoms with Crippen LogP contribution in [-0.4, -0.2) is 29.9 Å². The van der Waals surface area contributed by atoms with Crippen molar-refractivity contribution >= 4 is 15.6 Å². The zero-order valence-corrected chi connectivity index (χ0v) is 49.4. The Balaban J connectivity index is 0.000000496. The second kappa shape index (κ2) is 22.1. The number of rotatable bonds is 3. The molecular formula is C54H72F12N6P2Ru. The van der Waals surface area contributed by atoms with Crippen molar-refractivity contribution in [3.05, 3.63) is 143 Å². The van der Waals surface area contributed by atoms with Crippen LogP contribution in [0.15, 0.2) is 110 Å². The molecule has 6 heterocycles. The number of hydrogen-bond donors (Lipinski definition) is 0. The predicted octanol–water partition coefficient (Wildman–Crippen LogP) is 21.0. The molecule has 0 aliphatic heterocycles. The van der Waals surface area contributed by atoms with Crippen LogP contribution in [0.4, 0.5) is 50.4 Å². The summed E-state index contributed by atoms with van der Waals surface area (Å²) in [4.78, 5) is 26.9. The number of pyridine rings is 6. The summed E-state index contributed by atoms with van der Waals surface area (Å²) < 4.78 is 118. The van der Waals surface area contributed by atoms with Crippen LogP contribution in [0.5, 0.6) is 0 Å². The van der Waals surface area contributed by atoms with Crippen molar-refractivity contribution < 1.29 is 69.8 Å². The van der Waals surface area contributed by atoms with E-state index in [0.717, 1.165) is 34.2 Å². The van der Waals surface area contributed by atoms with E-state index >= 15 is 0 Å². The summed E-state index contributed by atoms with van der Waals surface area (Å²) in [5.74, 6) is 0. The second-order valence-corrected chi connectivity index (χ2v) is 27.8. The Morgan fingerprint density at radius 1 is 0.240 bits per heavy atom. The summed E-state index contributed by atoms with van der Waals surface area (Å²) in [5, 5.41) is 0. The smallest absolute Gasteiger partial charge is 2.00 e. The Bertz CT molecular complexity index is 2360. The zero-order valence-electron chi connectivity index (χ0n) is 45.9. The van der Waals surface area contributed by atoms with Crippen LogP contribution in [0.2, 0.25) is 0 Å². The third-order valence-corrected chi connectivity index (χ3v) is 10.5. The van der Waals surface area contributed by atoms with Crippen LogP contribution in [0.3, 0.4) is 0 Å². The first-order chi connectivity index (χ1) is 32.4. The van der Waals surface area contributed by atoms with Crippen molar-refractivity contribution in [2.75, 3.05) is 0 Å². The van der Waals surface area contributed by atoms with Gasteiger partial charge < -0.3 is 0 Å². The minimum Gasteiger partial charge on any atom is 2.00 e. The molecule has 0 saturated carbocycles. The van der Waals surface area contributed by atoms with E-state index in [-0.39, 0.29) is 52.0 Å². The van der Waals surface area contributed by atoms with Gasteiger partial charge >= 0.3 is 85.5 Å². The van der Waals surface area contributed by atoms with Crippen molar-refractivity contribution in [1.82, 2.24) is 29.9 Å². The van der Waals surface area contributed by atoms with E-state index in [0.29, 0.717) is 0 Å². The van der Waals surface area contributed by atoms with Gasteiger partial charge in [0.1, 0.15) is 0 Å². The standard InChI is InChI=1S/3C18H24N2.2F6P.Ru/c3*1-17(2,3)13-7-9-19-15(11-13)16-12-14(8-10-20-16)18(4,5)6;2*1-7(2,3,4,5)6;/h3*7-12H,1-6H3;;;/q;;;2*-1;+2. The van der Waals surface area contributed by atoms with Crippen molar-refractivity contribution in [3.63, 3.8) is 0 Å². The van der Waals surface area contributed by atoms with E-state index in [1.165, 1.54) is 33.4 Å². The largest absolute Gasteiger partial charge is 2.00 e. The third kappa shape index (κ3) is 29.6. The maximum absolute atomic E-state index is 10.7. The Morgan fingerprint density at radius 2 is 0.333 bits per heavy atom. The molecule has 0 fully saturated rings. The normalized spacial score (nSPS) is 14.3. The molecule has 0 bridgehead atoms. The molecule has 0 atom stereocenters. The van der Waals surface area contributed by atoms with Gasteiger partial charge in [-0.15, -0.1) is 0 Å². The van der Waals surface area contributed by atoms with Gasteiger partial charge in [0.25, 0.3) is 0 Å². The molecule has 6 aromatic heterocycles. The molecule has 0 N–H and O–H groups in total. The van der Waals surface area contributed by atoms with Gasteiger partial charge in [0.15, 0.2) is 0 Å². The molecule has 6 rings (SSSR count). The molecule has 0 unspecified atom stereocenters. The molecule has 0 spiro atoms. The van der Waals surface area contributed by atoms with Crippen LogP contribution < -0.4 is 0 Å². The quantitative estimate of drug-likeness (QED) is 0.0998. The van der Waals surface area contributed by atoms with Crippen LogP contribution in [-0.2, 0) is 52.0 Å². The van der Waals surface area contributed by atoms with Gasteiger partial charge in [0, 0.05) is 37.2 Å². The maximum Gasteiger partial charge on any atom is 2.00 e. The van der Waals surface area contributed by atoms with Gasteiger partial charge in [-0.2, -0.15) is 0 Å². The zero-order chi connectivity index (χ0) is 57.7. The first kappa shape index (κ1) is 68.6. The van der Waals surface area contributed by atoms with Crippen molar-refractivity contribution in [1.29, 1.82) is 0 Å². The fourth-order valence-electron chi connectivity index (χ4n) is 6.22. The Labute approximate surface area is 448 Å². The monoisotopic (exact) mass is 1200 g/mol. The molecule has 6 nitrogen and oxygen atoms in total. The molecule has 0 aliphatic rings. The summed E-state index contributed by atoms with van der Waals surface area (Å²) in [6.07, 6.45) is 11.3. The van der Waals surface area contributed by atoms with Crippen molar-refractivity contribution in [3.8, 4) is 34.2 Å². The summed E-state index contributed by atoms with van der Waals surface area (Å²) >= 11 is 0. The fourth-order valence-corrected chi connectivity index (χ4v) is 6.22. The average molecular weight is 1200 g/mol. The maximum atomic E-state index is 9.87. The topological polar surface area (TPSA) is 77.3 Å². The van der Waals surface area contributed by atoms with E-state index < -0.39 is 15.6 Å². The van der Waals surface area contributed by atoms with Gasteiger partial charge in [0.2, 0.25) is 0 Å². The number of aromatic nitrogens is 6. The molecule has 0 radical (unpaired) electrons. The molecule has 0 aromatic carbocycles. The summed E-state index contributed by atoms with van der Waals surface area (Å²) in [7, 11) is -21.3. The minimum atomic E-state index is -10.7. The molecule has 6 aromatic rings.